The van der Waals surface area contributed by atoms with Crippen molar-refractivity contribution in [2.45, 2.75) is 13.1 Å². The molecule has 0 radical (unpaired) electrons. The molecule has 1 unspecified atom stereocenters. The minimum atomic E-state index is -1.21. The van der Waals surface area contributed by atoms with Crippen LogP contribution >= 0.6 is 11.3 Å². The Morgan fingerprint density at radius 2 is 1.83 bits per heavy atom. The number of thiophene rings is 1. The van der Waals surface area contributed by atoms with Gasteiger partial charge in [0.2, 0.25) is 6.17 Å². The average molecular weight is 422 g/mol. The summed E-state index contributed by atoms with van der Waals surface area (Å²) in [6, 6.07) is 14.6. The number of nitrogens with zero attached hydrogens (tertiary/aromatic N) is 2. The predicted octanol–water partition coefficient (Wildman–Crippen LogP) is 4.16. The maximum absolute atomic E-state index is 14.6. The van der Waals surface area contributed by atoms with E-state index in [1.807, 2.05) is 18.4 Å². The molecule has 1 atom stereocenters. The molecule has 0 saturated heterocycles. The van der Waals surface area contributed by atoms with E-state index in [1.54, 1.807) is 49.5 Å². The summed E-state index contributed by atoms with van der Waals surface area (Å²) in [6.07, 6.45) is -1.21. The fraction of sp³-hybridized carbons (Fsp3) is 0.136. The highest BCUT2D eigenvalue weighted by Gasteiger charge is 2.31. The second-order valence-electron chi connectivity index (χ2n) is 6.86. The van der Waals surface area contributed by atoms with Gasteiger partial charge in [-0.25, -0.2) is 14.2 Å². The predicted molar refractivity (Wildman–Crippen MR) is 117 cm³/mol. The Hall–Kier alpha value is -3.52. The van der Waals surface area contributed by atoms with Gasteiger partial charge in [-0.2, -0.15) is 0 Å². The number of anilines is 2. The molecule has 8 heteroatoms. The van der Waals surface area contributed by atoms with Crippen LogP contribution in [0.2, 0.25) is 0 Å². The smallest absolute Gasteiger partial charge is 0.311 e. The van der Waals surface area contributed by atoms with Gasteiger partial charge in [0.1, 0.15) is 5.82 Å². The van der Waals surface area contributed by atoms with E-state index in [2.05, 4.69) is 15.6 Å². The molecule has 1 aromatic heterocycles. The van der Waals surface area contributed by atoms with Crippen molar-refractivity contribution >= 4 is 39.7 Å². The summed E-state index contributed by atoms with van der Waals surface area (Å²) >= 11 is 1.38. The number of hydrogen-bond acceptors (Lipinski definition) is 4. The molecule has 6 nitrogen and oxygen atoms in total. The normalized spacial score (nSPS) is 15.8. The van der Waals surface area contributed by atoms with Gasteiger partial charge in [-0.15, -0.1) is 11.3 Å². The molecule has 0 aliphatic carbocycles. The van der Waals surface area contributed by atoms with E-state index in [4.69, 9.17) is 0 Å². The Bertz CT molecular complexity index is 1160. The highest BCUT2D eigenvalue weighted by molar-refractivity contribution is 7.14. The molecule has 30 heavy (non-hydrogen) atoms. The van der Waals surface area contributed by atoms with Crippen molar-refractivity contribution in [2.24, 2.45) is 4.99 Å². The standard InChI is InChI=1S/C22H19FN4O2S/c1-13-11-18(30-12-13)24-22(29)26-20-21(28)27(2)17-10-6-4-8-15(17)19(25-20)14-7-3-5-9-16(14)23/h3-12,20H,1-2H3,(H2,24,26,29). The molecule has 2 N–H and O–H groups in total. The molecular weight excluding hydrogens is 403 g/mol. The van der Waals surface area contributed by atoms with Gasteiger partial charge in [-0.3, -0.25) is 10.1 Å². The fourth-order valence-corrected chi connectivity index (χ4v) is 4.04. The monoisotopic (exact) mass is 422 g/mol. The number of amides is 3. The summed E-state index contributed by atoms with van der Waals surface area (Å²) in [7, 11) is 1.61. The Morgan fingerprint density at radius 3 is 2.53 bits per heavy atom. The summed E-state index contributed by atoms with van der Waals surface area (Å²) in [6.45, 7) is 1.92. The first-order valence-corrected chi connectivity index (χ1v) is 10.1. The van der Waals surface area contributed by atoms with Gasteiger partial charge >= 0.3 is 6.03 Å². The van der Waals surface area contributed by atoms with Crippen LogP contribution in [0.4, 0.5) is 19.9 Å². The van der Waals surface area contributed by atoms with Crippen molar-refractivity contribution in [1.82, 2.24) is 5.32 Å². The van der Waals surface area contributed by atoms with Crippen molar-refractivity contribution < 1.29 is 14.0 Å². The number of para-hydroxylation sites is 1. The molecule has 0 fully saturated rings. The highest BCUT2D eigenvalue weighted by Crippen LogP contribution is 2.28. The van der Waals surface area contributed by atoms with Crippen LogP contribution in [-0.2, 0) is 4.79 Å². The number of aliphatic imine (C=N–C) groups is 1. The molecule has 1 aliphatic rings. The van der Waals surface area contributed by atoms with Crippen LogP contribution in [0, 0.1) is 12.7 Å². The van der Waals surface area contributed by atoms with Gasteiger partial charge < -0.3 is 10.2 Å². The first-order valence-electron chi connectivity index (χ1n) is 9.26. The Balaban J connectivity index is 1.73. The number of halogens is 1. The summed E-state index contributed by atoms with van der Waals surface area (Å²) < 4.78 is 14.6. The third kappa shape index (κ3) is 3.81. The van der Waals surface area contributed by atoms with Crippen molar-refractivity contribution in [3.05, 3.63) is 82.5 Å². The summed E-state index contributed by atoms with van der Waals surface area (Å²) in [5.74, 6) is -0.883. The van der Waals surface area contributed by atoms with Crippen molar-refractivity contribution in [1.29, 1.82) is 0 Å². The lowest BCUT2D eigenvalue weighted by molar-refractivity contribution is -0.119. The van der Waals surface area contributed by atoms with E-state index in [0.717, 1.165) is 5.56 Å². The van der Waals surface area contributed by atoms with E-state index >= 15 is 0 Å². The van der Waals surface area contributed by atoms with Crippen LogP contribution in [0.15, 0.2) is 65.0 Å². The van der Waals surface area contributed by atoms with Gasteiger partial charge in [0.25, 0.3) is 5.91 Å². The van der Waals surface area contributed by atoms with Crippen LogP contribution < -0.4 is 15.5 Å². The molecule has 3 amide bonds. The van der Waals surface area contributed by atoms with Gasteiger partial charge in [-0.1, -0.05) is 30.3 Å². The number of fused-ring (bicyclic) bond motifs is 1. The minimum Gasteiger partial charge on any atom is -0.311 e. The number of benzene rings is 2. The zero-order valence-corrected chi connectivity index (χ0v) is 17.2. The second-order valence-corrected chi connectivity index (χ2v) is 7.77. The highest BCUT2D eigenvalue weighted by atomic mass is 32.1. The van der Waals surface area contributed by atoms with E-state index in [-0.39, 0.29) is 5.56 Å². The lowest BCUT2D eigenvalue weighted by atomic mass is 10.00. The number of carbonyl (C=O) groups excluding carboxylic acids is 2. The molecule has 0 bridgehead atoms. The first kappa shape index (κ1) is 19.8. The molecule has 3 aromatic rings. The van der Waals surface area contributed by atoms with E-state index in [0.29, 0.717) is 22.0 Å². The van der Waals surface area contributed by atoms with Crippen LogP contribution in [0.1, 0.15) is 16.7 Å². The molecule has 2 heterocycles. The third-order valence-corrected chi connectivity index (χ3v) is 5.67. The van der Waals surface area contributed by atoms with E-state index in [1.165, 1.54) is 22.3 Å². The maximum Gasteiger partial charge on any atom is 0.321 e. The number of urea groups is 1. The second kappa shape index (κ2) is 8.08. The van der Waals surface area contributed by atoms with Crippen LogP contribution in [0.5, 0.6) is 0 Å². The summed E-state index contributed by atoms with van der Waals surface area (Å²) in [5, 5.41) is 7.88. The molecular formula is C22H19FN4O2S. The number of nitrogens with one attached hydrogen (secondary N) is 2. The quantitative estimate of drug-likeness (QED) is 0.665. The van der Waals surface area contributed by atoms with Gasteiger partial charge in [-0.05, 0) is 42.1 Å². The van der Waals surface area contributed by atoms with Gasteiger partial charge in [0.15, 0.2) is 0 Å². The van der Waals surface area contributed by atoms with E-state index < -0.39 is 23.9 Å². The topological polar surface area (TPSA) is 73.8 Å². The summed E-state index contributed by atoms with van der Waals surface area (Å²) in [5.41, 5.74) is 2.78. The lowest BCUT2D eigenvalue weighted by Crippen LogP contribution is -2.47. The van der Waals surface area contributed by atoms with Gasteiger partial charge in [0, 0.05) is 18.2 Å². The zero-order valence-electron chi connectivity index (χ0n) is 16.3. The van der Waals surface area contributed by atoms with Crippen LogP contribution in [0.25, 0.3) is 0 Å². The van der Waals surface area contributed by atoms with Crippen molar-refractivity contribution in [3.63, 3.8) is 0 Å². The Kier molecular flexibility index (Phi) is 5.33. The average Bonchev–Trinajstić information content (AvgIpc) is 3.11. The molecule has 0 spiro atoms. The number of benzodiazepines with no additional fused rings is 1. The Morgan fingerprint density at radius 1 is 1.13 bits per heavy atom. The lowest BCUT2D eigenvalue weighted by Gasteiger charge is -2.20. The fourth-order valence-electron chi connectivity index (χ4n) is 3.25. The largest absolute Gasteiger partial charge is 0.321 e. The number of carbonyl (C=O) groups is 2. The number of rotatable bonds is 3. The van der Waals surface area contributed by atoms with Crippen LogP contribution in [-0.4, -0.2) is 30.9 Å². The zero-order chi connectivity index (χ0) is 21.3. The Labute approximate surface area is 177 Å². The number of aryl methyl sites for hydroxylation is 1. The van der Waals surface area contributed by atoms with Crippen molar-refractivity contribution in [3.8, 4) is 0 Å². The van der Waals surface area contributed by atoms with Crippen molar-refractivity contribution in [2.75, 3.05) is 17.3 Å². The SMILES string of the molecule is Cc1csc(NC(=O)NC2N=C(c3ccccc3F)c3ccccc3N(C)C2=O)c1. The molecule has 1 aliphatic heterocycles. The molecule has 2 aromatic carbocycles. The maximum atomic E-state index is 14.6. The third-order valence-electron chi connectivity index (χ3n) is 4.71. The molecule has 152 valence electrons. The molecule has 4 rings (SSSR count). The van der Waals surface area contributed by atoms with Crippen LogP contribution in [0.3, 0.4) is 0 Å². The first-order chi connectivity index (χ1) is 14.4. The minimum absolute atomic E-state index is 0.258. The van der Waals surface area contributed by atoms with Gasteiger partial charge in [0.05, 0.1) is 16.4 Å². The number of hydrogen-bond donors (Lipinski definition) is 2. The number of likely N-dealkylation sites (N-methyl/N-ethyl adjacent to an activating group) is 1. The summed E-state index contributed by atoms with van der Waals surface area (Å²) in [4.78, 5) is 31.5. The molecule has 0 saturated carbocycles. The van der Waals surface area contributed by atoms with E-state index in [9.17, 15) is 14.0 Å².